The normalized spacial score (nSPS) is 34.5. The lowest BCUT2D eigenvalue weighted by Gasteiger charge is -2.34. The molecule has 4 atom stereocenters. The van der Waals surface area contributed by atoms with Crippen molar-refractivity contribution in [2.75, 3.05) is 14.2 Å². The number of nitrogens with zero attached hydrogens (tertiary/aromatic N) is 2. The third-order valence-electron chi connectivity index (χ3n) is 4.22. The molecule has 2 rings (SSSR count). The molecule has 1 aliphatic carbocycles. The van der Waals surface area contributed by atoms with Gasteiger partial charge in [0.15, 0.2) is 0 Å². The quantitative estimate of drug-likeness (QED) is 0.843. The van der Waals surface area contributed by atoms with Crippen LogP contribution in [-0.4, -0.2) is 49.3 Å². The molecular formula is C15H26N2O3. The first-order chi connectivity index (χ1) is 9.56. The Morgan fingerprint density at radius 2 is 1.80 bits per heavy atom. The fourth-order valence-electron chi connectivity index (χ4n) is 3.11. The van der Waals surface area contributed by atoms with Gasteiger partial charge < -0.3 is 14.6 Å². The van der Waals surface area contributed by atoms with Gasteiger partial charge in [-0.1, -0.05) is 20.3 Å². The molecule has 1 aliphatic heterocycles. The van der Waals surface area contributed by atoms with Crippen LogP contribution in [0.1, 0.15) is 39.5 Å². The number of aliphatic hydroxyl groups is 1. The van der Waals surface area contributed by atoms with Gasteiger partial charge in [-0.15, -0.1) is 0 Å². The zero-order chi connectivity index (χ0) is 14.7. The fourth-order valence-corrected chi connectivity index (χ4v) is 3.11. The van der Waals surface area contributed by atoms with E-state index in [4.69, 9.17) is 19.5 Å². The Morgan fingerprint density at radius 1 is 1.10 bits per heavy atom. The van der Waals surface area contributed by atoms with Gasteiger partial charge >= 0.3 is 0 Å². The SMILES string of the molecule is COC1=N[C@@H]([C@H]2CCCC(O)C2)C(OC)=NC1C(C)C. The minimum atomic E-state index is -0.226. The largest absolute Gasteiger partial charge is 0.483 e. The third-order valence-corrected chi connectivity index (χ3v) is 4.22. The molecule has 0 aromatic carbocycles. The summed E-state index contributed by atoms with van der Waals surface area (Å²) in [5.74, 6) is 1.97. The summed E-state index contributed by atoms with van der Waals surface area (Å²) in [5, 5.41) is 9.87. The molecule has 114 valence electrons. The molecule has 0 radical (unpaired) electrons. The Labute approximate surface area is 121 Å². The number of hydrogen-bond donors (Lipinski definition) is 1. The highest BCUT2D eigenvalue weighted by Crippen LogP contribution is 2.31. The second-order valence-corrected chi connectivity index (χ2v) is 6.06. The zero-order valence-electron chi connectivity index (χ0n) is 12.9. The molecule has 1 N–H and O–H groups in total. The standard InChI is InChI=1S/C15H26N2O3/c1-9(2)12-14(19-3)17-13(15(16-12)20-4)10-6-5-7-11(18)8-10/h9-13,18H,5-8H2,1-4H3/t10-,11?,12?,13-/m0/s1. The second-order valence-electron chi connectivity index (χ2n) is 6.06. The van der Waals surface area contributed by atoms with Crippen LogP contribution in [0.15, 0.2) is 9.98 Å². The Kier molecular flexibility index (Phi) is 5.02. The van der Waals surface area contributed by atoms with Crippen LogP contribution in [0.25, 0.3) is 0 Å². The molecule has 0 aromatic heterocycles. The van der Waals surface area contributed by atoms with Gasteiger partial charge in [0, 0.05) is 0 Å². The molecule has 2 aliphatic rings. The summed E-state index contributed by atoms with van der Waals surface area (Å²) in [4.78, 5) is 9.43. The van der Waals surface area contributed by atoms with E-state index in [9.17, 15) is 5.11 Å². The molecule has 1 heterocycles. The molecule has 1 fully saturated rings. The Bertz CT molecular complexity index is 393. The molecule has 2 unspecified atom stereocenters. The van der Waals surface area contributed by atoms with Crippen LogP contribution in [0, 0.1) is 11.8 Å². The Morgan fingerprint density at radius 3 is 2.35 bits per heavy atom. The minimum Gasteiger partial charge on any atom is -0.483 e. The highest BCUT2D eigenvalue weighted by molar-refractivity contribution is 5.94. The number of ether oxygens (including phenoxy) is 2. The maximum absolute atomic E-state index is 9.87. The van der Waals surface area contributed by atoms with E-state index in [1.165, 1.54) is 0 Å². The summed E-state index contributed by atoms with van der Waals surface area (Å²) < 4.78 is 10.9. The maximum atomic E-state index is 9.87. The summed E-state index contributed by atoms with van der Waals surface area (Å²) in [6.45, 7) is 4.20. The molecule has 5 nitrogen and oxygen atoms in total. The average molecular weight is 282 g/mol. The predicted octanol–water partition coefficient (Wildman–Crippen LogP) is 2.03. The Hall–Kier alpha value is -1.10. The predicted molar refractivity (Wildman–Crippen MR) is 79.3 cm³/mol. The van der Waals surface area contributed by atoms with Crippen LogP contribution in [0.2, 0.25) is 0 Å². The molecule has 1 saturated carbocycles. The van der Waals surface area contributed by atoms with Gasteiger partial charge in [0.2, 0.25) is 11.8 Å². The van der Waals surface area contributed by atoms with Crippen molar-refractivity contribution in [3.05, 3.63) is 0 Å². The molecule has 0 spiro atoms. The smallest absolute Gasteiger partial charge is 0.209 e. The van der Waals surface area contributed by atoms with Crippen LogP contribution < -0.4 is 0 Å². The summed E-state index contributed by atoms with van der Waals surface area (Å²) >= 11 is 0. The number of hydrogen-bond acceptors (Lipinski definition) is 5. The zero-order valence-corrected chi connectivity index (χ0v) is 12.9. The van der Waals surface area contributed by atoms with Crippen molar-refractivity contribution in [3.63, 3.8) is 0 Å². The lowest BCUT2D eigenvalue weighted by atomic mass is 9.82. The summed E-state index contributed by atoms with van der Waals surface area (Å²) in [7, 11) is 3.30. The van der Waals surface area contributed by atoms with Crippen molar-refractivity contribution < 1.29 is 14.6 Å². The van der Waals surface area contributed by atoms with Gasteiger partial charge in [-0.2, -0.15) is 0 Å². The van der Waals surface area contributed by atoms with Crippen molar-refractivity contribution in [2.24, 2.45) is 21.8 Å². The van der Waals surface area contributed by atoms with E-state index in [1.54, 1.807) is 14.2 Å². The molecule has 5 heteroatoms. The number of aliphatic hydroxyl groups excluding tert-OH is 1. The lowest BCUT2D eigenvalue weighted by Crippen LogP contribution is -2.42. The van der Waals surface area contributed by atoms with E-state index < -0.39 is 0 Å². The van der Waals surface area contributed by atoms with Crippen LogP contribution in [0.3, 0.4) is 0 Å². The van der Waals surface area contributed by atoms with Crippen LogP contribution in [0.5, 0.6) is 0 Å². The molecule has 0 aromatic rings. The van der Waals surface area contributed by atoms with Crippen molar-refractivity contribution in [2.45, 2.75) is 57.7 Å². The van der Waals surface area contributed by atoms with Crippen LogP contribution in [0.4, 0.5) is 0 Å². The van der Waals surface area contributed by atoms with Crippen LogP contribution in [-0.2, 0) is 9.47 Å². The topological polar surface area (TPSA) is 63.4 Å². The van der Waals surface area contributed by atoms with E-state index >= 15 is 0 Å². The monoisotopic (exact) mass is 282 g/mol. The van der Waals surface area contributed by atoms with Crippen LogP contribution >= 0.6 is 0 Å². The van der Waals surface area contributed by atoms with E-state index in [-0.39, 0.29) is 24.1 Å². The molecule has 0 amide bonds. The van der Waals surface area contributed by atoms with E-state index in [0.29, 0.717) is 17.7 Å². The van der Waals surface area contributed by atoms with Crippen molar-refractivity contribution in [1.82, 2.24) is 0 Å². The fraction of sp³-hybridized carbons (Fsp3) is 0.867. The summed E-state index contributed by atoms with van der Waals surface area (Å²) in [6.07, 6.45) is 3.51. The van der Waals surface area contributed by atoms with E-state index in [0.717, 1.165) is 25.7 Å². The van der Waals surface area contributed by atoms with Crippen molar-refractivity contribution >= 4 is 11.8 Å². The Balaban J connectivity index is 2.22. The van der Waals surface area contributed by atoms with Gasteiger partial charge in [0.05, 0.1) is 20.3 Å². The third kappa shape index (κ3) is 3.14. The summed E-state index contributed by atoms with van der Waals surface area (Å²) in [6, 6.07) is -0.181. The number of methoxy groups -OCH3 is 2. The van der Waals surface area contributed by atoms with Gasteiger partial charge in [-0.25, -0.2) is 9.98 Å². The number of rotatable bonds is 2. The van der Waals surface area contributed by atoms with Gasteiger partial charge in [-0.3, -0.25) is 0 Å². The second kappa shape index (κ2) is 6.57. The molecule has 0 saturated heterocycles. The summed E-state index contributed by atoms with van der Waals surface area (Å²) in [5.41, 5.74) is 0. The highest BCUT2D eigenvalue weighted by Gasteiger charge is 2.37. The van der Waals surface area contributed by atoms with E-state index in [1.807, 2.05) is 0 Å². The first-order valence-corrected chi connectivity index (χ1v) is 7.48. The first-order valence-electron chi connectivity index (χ1n) is 7.48. The minimum absolute atomic E-state index is 0.0697. The maximum Gasteiger partial charge on any atom is 0.209 e. The first kappa shape index (κ1) is 15.3. The molecule has 0 bridgehead atoms. The number of aliphatic imine (C=N–C) groups is 2. The highest BCUT2D eigenvalue weighted by atomic mass is 16.5. The van der Waals surface area contributed by atoms with Crippen molar-refractivity contribution in [3.8, 4) is 0 Å². The van der Waals surface area contributed by atoms with E-state index in [2.05, 4.69) is 13.8 Å². The lowest BCUT2D eigenvalue weighted by molar-refractivity contribution is 0.0960. The molecule has 20 heavy (non-hydrogen) atoms. The van der Waals surface area contributed by atoms with Crippen molar-refractivity contribution in [1.29, 1.82) is 0 Å². The van der Waals surface area contributed by atoms with Gasteiger partial charge in [0.1, 0.15) is 12.1 Å². The average Bonchev–Trinajstić information content (AvgIpc) is 2.45. The molecular weight excluding hydrogens is 256 g/mol. The van der Waals surface area contributed by atoms with Gasteiger partial charge in [0.25, 0.3) is 0 Å². The van der Waals surface area contributed by atoms with Gasteiger partial charge in [-0.05, 0) is 31.1 Å².